The molecular formula is C25H28N6O2. The van der Waals surface area contributed by atoms with Gasteiger partial charge in [0.25, 0.3) is 5.56 Å². The number of nitrogens with one attached hydrogen (secondary N) is 3. The van der Waals surface area contributed by atoms with E-state index in [0.29, 0.717) is 29.3 Å². The van der Waals surface area contributed by atoms with Gasteiger partial charge in [0, 0.05) is 18.8 Å². The van der Waals surface area contributed by atoms with Gasteiger partial charge in [-0.2, -0.15) is 0 Å². The topological polar surface area (TPSA) is 132 Å². The van der Waals surface area contributed by atoms with Crippen LogP contribution in [0, 0.1) is 0 Å². The summed E-state index contributed by atoms with van der Waals surface area (Å²) in [5.74, 6) is 0.888. The van der Waals surface area contributed by atoms with Crippen molar-refractivity contribution < 1.29 is 5.11 Å². The van der Waals surface area contributed by atoms with Crippen molar-refractivity contribution in [3.05, 3.63) is 81.8 Å². The maximum atomic E-state index is 12.9. The summed E-state index contributed by atoms with van der Waals surface area (Å²) < 4.78 is 0. The highest BCUT2D eigenvalue weighted by atomic mass is 16.3. The molecule has 0 spiro atoms. The number of pyridine rings is 1. The molecule has 0 radical (unpaired) electrons. The van der Waals surface area contributed by atoms with Gasteiger partial charge in [0.15, 0.2) is 0 Å². The Balaban J connectivity index is 1.76. The van der Waals surface area contributed by atoms with Crippen molar-refractivity contribution in [3.8, 4) is 11.4 Å². The zero-order chi connectivity index (χ0) is 23.4. The molecule has 1 unspecified atom stereocenters. The molecule has 6 N–H and O–H groups in total. The average molecular weight is 445 g/mol. The zero-order valence-electron chi connectivity index (χ0n) is 18.7. The predicted molar refractivity (Wildman–Crippen MR) is 133 cm³/mol. The molecular weight excluding hydrogens is 416 g/mol. The van der Waals surface area contributed by atoms with Crippen LogP contribution in [0.3, 0.4) is 0 Å². The van der Waals surface area contributed by atoms with E-state index in [1.165, 1.54) is 0 Å². The van der Waals surface area contributed by atoms with Gasteiger partial charge in [-0.1, -0.05) is 37.3 Å². The molecule has 0 amide bonds. The van der Waals surface area contributed by atoms with Crippen LogP contribution in [0.1, 0.15) is 23.6 Å². The molecule has 1 atom stereocenters. The van der Waals surface area contributed by atoms with E-state index in [9.17, 15) is 9.90 Å². The van der Waals surface area contributed by atoms with Gasteiger partial charge in [-0.05, 0) is 42.2 Å². The Morgan fingerprint density at radius 2 is 2.03 bits per heavy atom. The van der Waals surface area contributed by atoms with Crippen LogP contribution in [0.2, 0.25) is 0 Å². The summed E-state index contributed by atoms with van der Waals surface area (Å²) in [7, 11) is 1.65. The van der Waals surface area contributed by atoms with Crippen LogP contribution in [-0.4, -0.2) is 45.6 Å². The fraction of sp³-hybridized carbons (Fsp3) is 0.240. The molecule has 8 heteroatoms. The van der Waals surface area contributed by atoms with Crippen LogP contribution in [0.4, 0.5) is 5.69 Å². The third-order valence-corrected chi connectivity index (χ3v) is 5.69. The third kappa shape index (κ3) is 4.65. The van der Waals surface area contributed by atoms with Gasteiger partial charge in [-0.3, -0.25) is 9.79 Å². The molecule has 2 aromatic carbocycles. The van der Waals surface area contributed by atoms with Crippen molar-refractivity contribution >= 4 is 22.6 Å². The molecule has 0 aliphatic heterocycles. The fourth-order valence-electron chi connectivity index (χ4n) is 3.97. The van der Waals surface area contributed by atoms with E-state index in [1.54, 1.807) is 19.3 Å². The van der Waals surface area contributed by atoms with Crippen LogP contribution in [0.5, 0.6) is 0 Å². The first-order valence-electron chi connectivity index (χ1n) is 10.9. The number of aliphatic hydroxyl groups is 1. The minimum Gasteiger partial charge on any atom is -0.394 e. The number of fused-ring (bicyclic) bond motifs is 1. The summed E-state index contributed by atoms with van der Waals surface area (Å²) in [6.07, 6.45) is 2.95. The van der Waals surface area contributed by atoms with E-state index < -0.39 is 0 Å². The fourth-order valence-corrected chi connectivity index (χ4v) is 3.97. The molecule has 0 saturated heterocycles. The van der Waals surface area contributed by atoms with Crippen molar-refractivity contribution in [2.75, 3.05) is 19.0 Å². The van der Waals surface area contributed by atoms with E-state index in [4.69, 9.17) is 10.7 Å². The Hall–Kier alpha value is -3.91. The number of hydrogen-bond acceptors (Lipinski definition) is 5. The van der Waals surface area contributed by atoms with Gasteiger partial charge in [0.1, 0.15) is 17.2 Å². The molecule has 4 aromatic rings. The second-order valence-electron chi connectivity index (χ2n) is 7.89. The maximum Gasteiger partial charge on any atom is 0.261 e. The van der Waals surface area contributed by atoms with Crippen molar-refractivity contribution in [3.63, 3.8) is 0 Å². The normalized spacial score (nSPS) is 12.8. The Morgan fingerprint density at radius 1 is 1.24 bits per heavy atom. The number of rotatable bonds is 8. The van der Waals surface area contributed by atoms with Crippen molar-refractivity contribution in [1.82, 2.24) is 15.0 Å². The van der Waals surface area contributed by atoms with E-state index in [0.717, 1.165) is 34.1 Å². The number of anilines is 1. The number of hydrogen-bond donors (Lipinski definition) is 5. The quantitative estimate of drug-likeness (QED) is 0.211. The minimum absolute atomic E-state index is 0.0831. The molecule has 33 heavy (non-hydrogen) atoms. The molecule has 0 fully saturated rings. The Bertz CT molecular complexity index is 1340. The van der Waals surface area contributed by atoms with E-state index in [2.05, 4.69) is 20.3 Å². The van der Waals surface area contributed by atoms with E-state index in [1.807, 2.05) is 49.4 Å². The van der Waals surface area contributed by atoms with Gasteiger partial charge in [-0.25, -0.2) is 4.98 Å². The molecule has 4 rings (SSSR count). The molecule has 2 heterocycles. The number of aliphatic hydroxyl groups excluding tert-OH is 1. The Morgan fingerprint density at radius 3 is 2.73 bits per heavy atom. The second kappa shape index (κ2) is 9.70. The summed E-state index contributed by atoms with van der Waals surface area (Å²) in [5.41, 5.74) is 11.2. The summed E-state index contributed by atoms with van der Waals surface area (Å²) in [5, 5.41) is 13.3. The lowest BCUT2D eigenvalue weighted by Gasteiger charge is -2.19. The molecule has 170 valence electrons. The molecule has 8 nitrogen and oxygen atoms in total. The monoisotopic (exact) mass is 444 g/mol. The van der Waals surface area contributed by atoms with Crippen LogP contribution >= 0.6 is 0 Å². The van der Waals surface area contributed by atoms with Crippen LogP contribution in [0.25, 0.3) is 22.4 Å². The number of aliphatic imine (C=N–C) groups is 1. The molecule has 0 saturated carbocycles. The molecule has 0 aliphatic rings. The van der Waals surface area contributed by atoms with Gasteiger partial charge < -0.3 is 26.1 Å². The summed E-state index contributed by atoms with van der Waals surface area (Å²) in [6.45, 7) is 1.96. The summed E-state index contributed by atoms with van der Waals surface area (Å²) >= 11 is 0. The lowest BCUT2D eigenvalue weighted by Crippen LogP contribution is -2.28. The number of amidine groups is 1. The van der Waals surface area contributed by atoms with E-state index in [-0.39, 0.29) is 18.2 Å². The minimum atomic E-state index is -0.275. The highest BCUT2D eigenvalue weighted by molar-refractivity contribution is 6.01. The number of aryl methyl sites for hydroxylation is 1. The van der Waals surface area contributed by atoms with Gasteiger partial charge in [-0.15, -0.1) is 0 Å². The van der Waals surface area contributed by atoms with Crippen molar-refractivity contribution in [1.29, 1.82) is 0 Å². The van der Waals surface area contributed by atoms with Gasteiger partial charge >= 0.3 is 0 Å². The van der Waals surface area contributed by atoms with Crippen LogP contribution < -0.4 is 16.6 Å². The number of benzene rings is 2. The van der Waals surface area contributed by atoms with Crippen molar-refractivity contribution in [2.24, 2.45) is 10.7 Å². The molecule has 0 bridgehead atoms. The number of aromatic nitrogens is 3. The second-order valence-corrected chi connectivity index (χ2v) is 7.89. The lowest BCUT2D eigenvalue weighted by atomic mass is 10.1. The molecule has 2 aromatic heterocycles. The number of imidazole rings is 1. The number of nitrogens with zero attached hydrogens (tertiary/aromatic N) is 2. The summed E-state index contributed by atoms with van der Waals surface area (Å²) in [4.78, 5) is 27.7. The van der Waals surface area contributed by atoms with Gasteiger partial charge in [0.2, 0.25) is 0 Å². The third-order valence-electron chi connectivity index (χ3n) is 5.69. The predicted octanol–water partition coefficient (Wildman–Crippen LogP) is 2.83. The van der Waals surface area contributed by atoms with Gasteiger partial charge in [0.05, 0.1) is 29.4 Å². The summed E-state index contributed by atoms with van der Waals surface area (Å²) in [6, 6.07) is 15.3. The smallest absolute Gasteiger partial charge is 0.261 e. The average Bonchev–Trinajstić information content (AvgIpc) is 3.26. The first-order chi connectivity index (χ1) is 16.0. The largest absolute Gasteiger partial charge is 0.394 e. The van der Waals surface area contributed by atoms with Crippen LogP contribution in [-0.2, 0) is 12.8 Å². The highest BCUT2D eigenvalue weighted by Gasteiger charge is 2.19. The SMILES string of the molecule is CCc1cc(C(N)=NC)cc2[nH]c(-c3c(NC(CO)Cc4ccccc4)cc[nH]c3=O)nc12. The maximum absolute atomic E-state index is 12.9. The lowest BCUT2D eigenvalue weighted by molar-refractivity contribution is 0.274. The molecule has 0 aliphatic carbocycles. The standard InChI is InChI=1S/C25H28N6O2/c1-3-16-12-17(23(26)27-2)13-20-22(16)31-24(30-20)21-19(9-10-28-25(21)33)29-18(14-32)11-15-7-5-4-6-8-15/h4-10,12-13,18,32H,3,11,14H2,1-2H3,(H2,26,27)(H,30,31)(H2,28,29,33). The first-order valence-corrected chi connectivity index (χ1v) is 10.9. The first kappa shape index (κ1) is 22.3. The van der Waals surface area contributed by atoms with E-state index >= 15 is 0 Å². The number of aromatic amines is 2. The van der Waals surface area contributed by atoms with Crippen molar-refractivity contribution in [2.45, 2.75) is 25.8 Å². The Labute approximate surface area is 191 Å². The highest BCUT2D eigenvalue weighted by Crippen LogP contribution is 2.27. The zero-order valence-corrected chi connectivity index (χ0v) is 18.7. The Kier molecular flexibility index (Phi) is 6.55. The van der Waals surface area contributed by atoms with Crippen LogP contribution in [0.15, 0.2) is 64.5 Å². The number of nitrogens with two attached hydrogens (primary N) is 1. The number of H-pyrrole nitrogens is 2.